The minimum atomic E-state index is 0.530. The molecule has 0 radical (unpaired) electrons. The van der Waals surface area contributed by atoms with Crippen molar-refractivity contribution in [2.24, 2.45) is 0 Å². The highest BCUT2D eigenvalue weighted by atomic mass is 79.9. The number of rotatable bonds is 7. The van der Waals surface area contributed by atoms with Gasteiger partial charge in [0.25, 0.3) is 0 Å². The predicted octanol–water partition coefficient (Wildman–Crippen LogP) is 3.07. The van der Waals surface area contributed by atoms with E-state index < -0.39 is 0 Å². The fourth-order valence-electron chi connectivity index (χ4n) is 1.77. The molecule has 17 heavy (non-hydrogen) atoms. The van der Waals surface area contributed by atoms with Crippen molar-refractivity contribution in [2.75, 3.05) is 12.0 Å². The van der Waals surface area contributed by atoms with Crippen LogP contribution in [-0.2, 0) is 19.5 Å². The molecule has 1 heterocycles. The Morgan fingerprint density at radius 2 is 2.18 bits per heavy atom. The van der Waals surface area contributed by atoms with Gasteiger partial charge in [-0.25, -0.2) is 0 Å². The SMILES string of the molecule is CCc1nn(CC)c(CNC(C)CSC)c1Br. The summed E-state index contributed by atoms with van der Waals surface area (Å²) in [5.41, 5.74) is 2.42. The van der Waals surface area contributed by atoms with Crippen LogP contribution in [0.3, 0.4) is 0 Å². The Morgan fingerprint density at radius 3 is 2.71 bits per heavy atom. The third-order valence-corrected chi connectivity index (χ3v) is 4.48. The van der Waals surface area contributed by atoms with Crippen molar-refractivity contribution in [2.45, 2.75) is 46.3 Å². The van der Waals surface area contributed by atoms with Gasteiger partial charge in [-0.3, -0.25) is 4.68 Å². The van der Waals surface area contributed by atoms with Crippen molar-refractivity contribution in [3.8, 4) is 0 Å². The fraction of sp³-hybridized carbons (Fsp3) is 0.750. The second kappa shape index (κ2) is 7.44. The molecule has 5 heteroatoms. The van der Waals surface area contributed by atoms with Crippen LogP contribution in [0.1, 0.15) is 32.2 Å². The van der Waals surface area contributed by atoms with Crippen LogP contribution in [0.25, 0.3) is 0 Å². The van der Waals surface area contributed by atoms with E-state index >= 15 is 0 Å². The third-order valence-electron chi connectivity index (χ3n) is 2.73. The Bertz CT molecular complexity index is 352. The zero-order valence-corrected chi connectivity index (χ0v) is 13.5. The van der Waals surface area contributed by atoms with Gasteiger partial charge in [0.15, 0.2) is 0 Å². The van der Waals surface area contributed by atoms with Crippen LogP contribution in [0.4, 0.5) is 0 Å². The first-order valence-electron chi connectivity index (χ1n) is 6.10. The topological polar surface area (TPSA) is 29.9 Å². The monoisotopic (exact) mass is 319 g/mol. The minimum absolute atomic E-state index is 0.530. The summed E-state index contributed by atoms with van der Waals surface area (Å²) in [4.78, 5) is 0. The molecule has 0 bridgehead atoms. The third kappa shape index (κ3) is 4.00. The first-order chi connectivity index (χ1) is 8.13. The first kappa shape index (κ1) is 15.1. The number of nitrogens with zero attached hydrogens (tertiary/aromatic N) is 2. The van der Waals surface area contributed by atoms with Gasteiger partial charge < -0.3 is 5.32 Å². The van der Waals surface area contributed by atoms with Gasteiger partial charge in [0, 0.05) is 24.9 Å². The van der Waals surface area contributed by atoms with E-state index in [0.717, 1.165) is 31.0 Å². The van der Waals surface area contributed by atoms with Crippen LogP contribution >= 0.6 is 27.7 Å². The van der Waals surface area contributed by atoms with Crippen molar-refractivity contribution in [3.63, 3.8) is 0 Å². The van der Waals surface area contributed by atoms with Gasteiger partial charge in [-0.1, -0.05) is 6.92 Å². The molecule has 0 spiro atoms. The average molecular weight is 320 g/mol. The molecule has 0 aliphatic rings. The van der Waals surface area contributed by atoms with Gasteiger partial charge in [-0.2, -0.15) is 16.9 Å². The second-order valence-electron chi connectivity index (χ2n) is 4.11. The summed E-state index contributed by atoms with van der Waals surface area (Å²) < 4.78 is 3.26. The number of thioether (sulfide) groups is 1. The predicted molar refractivity (Wildman–Crippen MR) is 79.7 cm³/mol. The van der Waals surface area contributed by atoms with Gasteiger partial charge in [0.2, 0.25) is 0 Å². The summed E-state index contributed by atoms with van der Waals surface area (Å²) in [5.74, 6) is 1.14. The summed E-state index contributed by atoms with van der Waals surface area (Å²) in [5, 5.41) is 8.14. The molecule has 0 amide bonds. The molecule has 98 valence electrons. The maximum absolute atomic E-state index is 4.60. The molecular formula is C12H22BrN3S. The summed E-state index contributed by atoms with van der Waals surface area (Å²) in [6.45, 7) is 8.29. The Balaban J connectivity index is 2.72. The van der Waals surface area contributed by atoms with E-state index in [-0.39, 0.29) is 0 Å². The van der Waals surface area contributed by atoms with E-state index in [0.29, 0.717) is 6.04 Å². The molecular weight excluding hydrogens is 298 g/mol. The van der Waals surface area contributed by atoms with Crippen molar-refractivity contribution in [3.05, 3.63) is 15.9 Å². The van der Waals surface area contributed by atoms with E-state index in [9.17, 15) is 0 Å². The molecule has 1 atom stereocenters. The van der Waals surface area contributed by atoms with Gasteiger partial charge in [0.1, 0.15) is 0 Å². The highest BCUT2D eigenvalue weighted by Crippen LogP contribution is 2.22. The van der Waals surface area contributed by atoms with E-state index in [1.54, 1.807) is 0 Å². The average Bonchev–Trinajstić information content (AvgIpc) is 2.63. The minimum Gasteiger partial charge on any atom is -0.308 e. The lowest BCUT2D eigenvalue weighted by Gasteiger charge is -2.13. The Labute approximate surface area is 117 Å². The van der Waals surface area contributed by atoms with E-state index in [2.05, 4.69) is 58.1 Å². The molecule has 1 rings (SSSR count). The number of aromatic nitrogens is 2. The number of aryl methyl sites for hydroxylation is 2. The standard InChI is InChI=1S/C12H22BrN3S/c1-5-10-12(13)11(16(6-2)15-10)7-14-9(3)8-17-4/h9,14H,5-8H2,1-4H3. The molecule has 0 saturated carbocycles. The lowest BCUT2D eigenvalue weighted by Crippen LogP contribution is -2.28. The lowest BCUT2D eigenvalue weighted by molar-refractivity contribution is 0.542. The molecule has 0 saturated heterocycles. The van der Waals surface area contributed by atoms with Crippen LogP contribution in [0.2, 0.25) is 0 Å². The highest BCUT2D eigenvalue weighted by molar-refractivity contribution is 9.10. The molecule has 0 aromatic carbocycles. The summed E-state index contributed by atoms with van der Waals surface area (Å²) in [6, 6.07) is 0.530. The zero-order chi connectivity index (χ0) is 12.8. The largest absolute Gasteiger partial charge is 0.308 e. The van der Waals surface area contributed by atoms with Gasteiger partial charge in [0.05, 0.1) is 15.9 Å². The van der Waals surface area contributed by atoms with Gasteiger partial charge in [-0.15, -0.1) is 0 Å². The van der Waals surface area contributed by atoms with Crippen LogP contribution in [-0.4, -0.2) is 27.8 Å². The molecule has 0 aliphatic carbocycles. The lowest BCUT2D eigenvalue weighted by atomic mass is 10.3. The first-order valence-corrected chi connectivity index (χ1v) is 8.29. The number of halogens is 1. The highest BCUT2D eigenvalue weighted by Gasteiger charge is 2.14. The Kier molecular flexibility index (Phi) is 6.59. The van der Waals surface area contributed by atoms with Crippen molar-refractivity contribution < 1.29 is 0 Å². The van der Waals surface area contributed by atoms with Crippen LogP contribution in [0.5, 0.6) is 0 Å². The molecule has 0 aliphatic heterocycles. The van der Waals surface area contributed by atoms with Gasteiger partial charge in [-0.05, 0) is 42.5 Å². The molecule has 1 aromatic heterocycles. The number of hydrogen-bond donors (Lipinski definition) is 1. The molecule has 0 fully saturated rings. The molecule has 3 nitrogen and oxygen atoms in total. The van der Waals surface area contributed by atoms with Gasteiger partial charge >= 0.3 is 0 Å². The van der Waals surface area contributed by atoms with E-state index in [1.165, 1.54) is 10.2 Å². The molecule has 1 N–H and O–H groups in total. The van der Waals surface area contributed by atoms with Crippen molar-refractivity contribution >= 4 is 27.7 Å². The normalized spacial score (nSPS) is 13.0. The maximum Gasteiger partial charge on any atom is 0.0767 e. The fourth-order valence-corrected chi connectivity index (χ4v) is 3.09. The molecule has 1 aromatic rings. The smallest absolute Gasteiger partial charge is 0.0767 e. The van der Waals surface area contributed by atoms with E-state index in [1.807, 2.05) is 11.8 Å². The quantitative estimate of drug-likeness (QED) is 0.837. The van der Waals surface area contributed by atoms with Crippen LogP contribution < -0.4 is 5.32 Å². The summed E-state index contributed by atoms with van der Waals surface area (Å²) in [7, 11) is 0. The Morgan fingerprint density at radius 1 is 1.47 bits per heavy atom. The second-order valence-corrected chi connectivity index (χ2v) is 5.82. The Hall–Kier alpha value is -0.000000000000000111. The summed E-state index contributed by atoms with van der Waals surface area (Å²) in [6.07, 6.45) is 3.11. The van der Waals surface area contributed by atoms with Crippen molar-refractivity contribution in [1.29, 1.82) is 0 Å². The van der Waals surface area contributed by atoms with E-state index in [4.69, 9.17) is 0 Å². The van der Waals surface area contributed by atoms with Crippen LogP contribution in [0, 0.1) is 0 Å². The van der Waals surface area contributed by atoms with Crippen molar-refractivity contribution in [1.82, 2.24) is 15.1 Å². The maximum atomic E-state index is 4.60. The summed E-state index contributed by atoms with van der Waals surface area (Å²) >= 11 is 5.54. The molecule has 1 unspecified atom stereocenters. The number of nitrogens with one attached hydrogen (secondary N) is 1. The zero-order valence-electron chi connectivity index (χ0n) is 11.1. The van der Waals surface area contributed by atoms with Crippen LogP contribution in [0.15, 0.2) is 4.47 Å². The number of hydrogen-bond acceptors (Lipinski definition) is 3.